The Morgan fingerprint density at radius 1 is 1.42 bits per heavy atom. The van der Waals surface area contributed by atoms with Crippen molar-refractivity contribution in [3.8, 4) is 0 Å². The van der Waals surface area contributed by atoms with Gasteiger partial charge < -0.3 is 15.3 Å². The number of rotatable bonds is 5. The Kier molecular flexibility index (Phi) is 5.26. The molecule has 0 fully saturated rings. The molecule has 0 aliphatic heterocycles. The van der Waals surface area contributed by atoms with Gasteiger partial charge in [0.15, 0.2) is 8.32 Å². The fourth-order valence-electron chi connectivity index (χ4n) is 1.41. The molecule has 3 N–H and O–H groups in total. The molecule has 0 radical (unpaired) electrons. The van der Waals surface area contributed by atoms with E-state index >= 15 is 0 Å². The van der Waals surface area contributed by atoms with Gasteiger partial charge in [0.05, 0.1) is 18.8 Å². The zero-order valence-electron chi connectivity index (χ0n) is 12.6. The Hall–Kier alpha value is -0.753. The molecule has 19 heavy (non-hydrogen) atoms. The molecule has 1 aromatic heterocycles. The third-order valence-corrected chi connectivity index (χ3v) is 8.38. The van der Waals surface area contributed by atoms with Crippen LogP contribution in [0.2, 0.25) is 18.1 Å². The summed E-state index contributed by atoms with van der Waals surface area (Å²) < 4.78 is 6.03. The molecular formula is C14H26N2O2Si. The largest absolute Gasteiger partial charge is 0.415 e. The quantitative estimate of drug-likeness (QED) is 0.814. The van der Waals surface area contributed by atoms with Gasteiger partial charge in [0.2, 0.25) is 0 Å². The molecule has 0 bridgehead atoms. The van der Waals surface area contributed by atoms with E-state index in [-0.39, 0.29) is 5.04 Å². The van der Waals surface area contributed by atoms with E-state index in [1.807, 2.05) is 6.07 Å². The fourth-order valence-corrected chi connectivity index (χ4v) is 2.45. The van der Waals surface area contributed by atoms with E-state index in [4.69, 9.17) is 10.2 Å². The first kappa shape index (κ1) is 16.3. The van der Waals surface area contributed by atoms with Crippen LogP contribution in [0.5, 0.6) is 0 Å². The van der Waals surface area contributed by atoms with Crippen LogP contribution in [0.4, 0.5) is 0 Å². The predicted molar refractivity (Wildman–Crippen MR) is 80.3 cm³/mol. The smallest absolute Gasteiger partial charge is 0.192 e. The monoisotopic (exact) mass is 282 g/mol. The first-order valence-electron chi connectivity index (χ1n) is 6.63. The molecule has 0 aliphatic rings. The van der Waals surface area contributed by atoms with Gasteiger partial charge in [-0.3, -0.25) is 4.98 Å². The zero-order chi connectivity index (χ0) is 14.7. The Morgan fingerprint density at radius 3 is 2.53 bits per heavy atom. The third-order valence-electron chi connectivity index (χ3n) is 3.87. The topological polar surface area (TPSA) is 68.4 Å². The van der Waals surface area contributed by atoms with Gasteiger partial charge in [-0.1, -0.05) is 26.8 Å². The van der Waals surface area contributed by atoms with Crippen molar-refractivity contribution in [1.82, 2.24) is 4.98 Å². The first-order chi connectivity index (χ1) is 8.65. The summed E-state index contributed by atoms with van der Waals surface area (Å²) in [6.07, 6.45) is 2.57. The second-order valence-electron chi connectivity index (χ2n) is 6.47. The highest BCUT2D eigenvalue weighted by molar-refractivity contribution is 6.74. The van der Waals surface area contributed by atoms with Gasteiger partial charge in [0.1, 0.15) is 0 Å². The van der Waals surface area contributed by atoms with Crippen molar-refractivity contribution in [2.24, 2.45) is 5.73 Å². The van der Waals surface area contributed by atoms with Crippen molar-refractivity contribution < 1.29 is 9.53 Å². The lowest BCUT2D eigenvalue weighted by atomic mass is 10.1. The number of hydrogen-bond acceptors (Lipinski definition) is 4. The number of aromatic nitrogens is 1. The summed E-state index contributed by atoms with van der Waals surface area (Å²) in [6, 6.07) is 3.18. The Labute approximate surface area is 117 Å². The molecule has 0 unspecified atom stereocenters. The lowest BCUT2D eigenvalue weighted by Crippen LogP contribution is -2.45. The molecule has 0 saturated carbocycles. The van der Waals surface area contributed by atoms with E-state index in [9.17, 15) is 5.11 Å². The highest BCUT2D eigenvalue weighted by Gasteiger charge is 2.37. The third kappa shape index (κ3) is 4.38. The fraction of sp³-hybridized carbons (Fsp3) is 0.643. The molecule has 2 atom stereocenters. The molecule has 0 spiro atoms. The van der Waals surface area contributed by atoms with E-state index in [1.165, 1.54) is 0 Å². The molecular weight excluding hydrogens is 256 g/mol. The van der Waals surface area contributed by atoms with Crippen LogP contribution in [0.3, 0.4) is 0 Å². The predicted octanol–water partition coefficient (Wildman–Crippen LogP) is 2.46. The van der Waals surface area contributed by atoms with Crippen LogP contribution in [0, 0.1) is 0 Å². The van der Waals surface area contributed by atoms with Crippen LogP contribution in [-0.2, 0) is 4.43 Å². The minimum absolute atomic E-state index is 0.145. The summed E-state index contributed by atoms with van der Waals surface area (Å²) in [4.78, 5) is 3.99. The lowest BCUT2D eigenvalue weighted by Gasteiger charge is -2.37. The highest BCUT2D eigenvalue weighted by Crippen LogP contribution is 2.36. The van der Waals surface area contributed by atoms with Crippen LogP contribution in [0.15, 0.2) is 24.5 Å². The molecule has 4 nitrogen and oxygen atoms in total. The van der Waals surface area contributed by atoms with E-state index in [1.54, 1.807) is 18.5 Å². The summed E-state index contributed by atoms with van der Waals surface area (Å²) in [7, 11) is -1.82. The highest BCUT2D eigenvalue weighted by atomic mass is 28.4. The summed E-state index contributed by atoms with van der Waals surface area (Å²) >= 11 is 0. The first-order valence-corrected chi connectivity index (χ1v) is 9.53. The van der Waals surface area contributed by atoms with Crippen molar-refractivity contribution in [2.45, 2.75) is 51.0 Å². The summed E-state index contributed by atoms with van der Waals surface area (Å²) in [5.74, 6) is 0. The Morgan fingerprint density at radius 2 is 2.05 bits per heavy atom. The van der Waals surface area contributed by atoms with E-state index in [2.05, 4.69) is 38.8 Å². The lowest BCUT2D eigenvalue weighted by molar-refractivity contribution is 0.112. The maximum atomic E-state index is 10.2. The summed E-state index contributed by atoms with van der Waals surface area (Å²) in [5.41, 5.74) is 6.75. The standard InChI is InChI=1S/C14H26N2O2Si/c1-14(2,3)19(4,5)18-10-12(15)13(17)11-7-6-8-16-9-11/h6-9,12-13,17H,10,15H2,1-5H3/t12-,13-/m0/s1. The van der Waals surface area contributed by atoms with Gasteiger partial charge >= 0.3 is 0 Å². The van der Waals surface area contributed by atoms with E-state index < -0.39 is 20.5 Å². The SMILES string of the molecule is CC(C)(C)[Si](C)(C)OC[C@H](N)[C@@H](O)c1cccnc1. The van der Waals surface area contributed by atoms with Gasteiger partial charge in [-0.25, -0.2) is 0 Å². The van der Waals surface area contributed by atoms with E-state index in [0.29, 0.717) is 6.61 Å². The molecule has 1 heterocycles. The number of aliphatic hydroxyl groups is 1. The average Bonchev–Trinajstić information content (AvgIpc) is 2.35. The van der Waals surface area contributed by atoms with Crippen LogP contribution >= 0.6 is 0 Å². The maximum absolute atomic E-state index is 10.2. The van der Waals surface area contributed by atoms with Crippen molar-refractivity contribution in [3.05, 3.63) is 30.1 Å². The molecule has 5 heteroatoms. The average molecular weight is 282 g/mol. The van der Waals surface area contributed by atoms with Gasteiger partial charge in [0.25, 0.3) is 0 Å². The normalized spacial score (nSPS) is 16.2. The molecule has 1 aromatic rings. The van der Waals surface area contributed by atoms with Gasteiger partial charge in [-0.2, -0.15) is 0 Å². The molecule has 1 rings (SSSR count). The number of nitrogens with zero attached hydrogens (tertiary/aromatic N) is 1. The number of aliphatic hydroxyl groups excluding tert-OH is 1. The Bertz CT molecular complexity index is 390. The molecule has 0 aliphatic carbocycles. The van der Waals surface area contributed by atoms with Gasteiger partial charge in [0, 0.05) is 18.0 Å². The van der Waals surface area contributed by atoms with Crippen molar-refractivity contribution in [3.63, 3.8) is 0 Å². The Balaban J connectivity index is 2.59. The number of pyridine rings is 1. The molecule has 108 valence electrons. The molecule has 0 saturated heterocycles. The van der Waals surface area contributed by atoms with Crippen LogP contribution < -0.4 is 5.73 Å². The van der Waals surface area contributed by atoms with Crippen molar-refractivity contribution in [1.29, 1.82) is 0 Å². The second kappa shape index (κ2) is 6.13. The van der Waals surface area contributed by atoms with Gasteiger partial charge in [-0.15, -0.1) is 0 Å². The minimum Gasteiger partial charge on any atom is -0.415 e. The van der Waals surface area contributed by atoms with Crippen LogP contribution in [0.1, 0.15) is 32.4 Å². The van der Waals surface area contributed by atoms with Crippen LogP contribution in [-0.4, -0.2) is 31.1 Å². The van der Waals surface area contributed by atoms with Crippen LogP contribution in [0.25, 0.3) is 0 Å². The molecule has 0 aromatic carbocycles. The number of nitrogens with two attached hydrogens (primary N) is 1. The van der Waals surface area contributed by atoms with Gasteiger partial charge in [-0.05, 0) is 24.2 Å². The molecule has 0 amide bonds. The summed E-state index contributed by atoms with van der Waals surface area (Å²) in [6.45, 7) is 11.3. The van der Waals surface area contributed by atoms with E-state index in [0.717, 1.165) is 5.56 Å². The van der Waals surface area contributed by atoms with Crippen molar-refractivity contribution in [2.75, 3.05) is 6.61 Å². The van der Waals surface area contributed by atoms with Crippen molar-refractivity contribution >= 4 is 8.32 Å². The minimum atomic E-state index is -1.82. The zero-order valence-corrected chi connectivity index (χ0v) is 13.6. The number of hydrogen-bond donors (Lipinski definition) is 2. The summed E-state index contributed by atoms with van der Waals surface area (Å²) in [5, 5.41) is 10.3. The second-order valence-corrected chi connectivity index (χ2v) is 11.3. The maximum Gasteiger partial charge on any atom is 0.192 e.